The summed E-state index contributed by atoms with van der Waals surface area (Å²) in [6.45, 7) is 8.24. The molecule has 0 saturated carbocycles. The van der Waals surface area contributed by atoms with Crippen molar-refractivity contribution in [3.05, 3.63) is 0 Å². The average molecular weight is 241 g/mol. The van der Waals surface area contributed by atoms with Crippen LogP contribution in [-0.4, -0.2) is 41.4 Å². The average Bonchev–Trinajstić information content (AvgIpc) is 2.59. The van der Waals surface area contributed by atoms with Gasteiger partial charge in [-0.3, -0.25) is 9.59 Å². The largest absolute Gasteiger partial charge is 0.344 e. The molecule has 1 saturated heterocycles. The van der Waals surface area contributed by atoms with Crippen LogP contribution in [0.15, 0.2) is 0 Å². The van der Waals surface area contributed by atoms with Gasteiger partial charge in [0.1, 0.15) is 6.04 Å². The summed E-state index contributed by atoms with van der Waals surface area (Å²) < 4.78 is 0. The highest BCUT2D eigenvalue weighted by molar-refractivity contribution is 5.90. The SMILES string of the molecule is CC(N)C(C)C(=O)NC1CCN(C(C)C)C1=O. The van der Waals surface area contributed by atoms with E-state index in [0.717, 1.165) is 0 Å². The third-order valence-electron chi connectivity index (χ3n) is 3.38. The van der Waals surface area contributed by atoms with Crippen LogP contribution in [0.3, 0.4) is 0 Å². The standard InChI is InChI=1S/C12H23N3O2/c1-7(2)15-6-5-10(12(15)17)14-11(16)8(3)9(4)13/h7-10H,5-6,13H2,1-4H3,(H,14,16). The molecule has 0 bridgehead atoms. The molecule has 0 aliphatic carbocycles. The third kappa shape index (κ3) is 3.19. The molecule has 98 valence electrons. The summed E-state index contributed by atoms with van der Waals surface area (Å²) in [7, 11) is 0. The third-order valence-corrected chi connectivity index (χ3v) is 3.38. The first-order valence-corrected chi connectivity index (χ1v) is 6.21. The molecular weight excluding hydrogens is 218 g/mol. The summed E-state index contributed by atoms with van der Waals surface area (Å²) in [5.41, 5.74) is 5.67. The molecule has 3 atom stereocenters. The Morgan fingerprint density at radius 2 is 2.00 bits per heavy atom. The number of rotatable bonds is 4. The van der Waals surface area contributed by atoms with Gasteiger partial charge in [0.15, 0.2) is 0 Å². The molecule has 0 aromatic heterocycles. The topological polar surface area (TPSA) is 75.4 Å². The predicted molar refractivity (Wildman–Crippen MR) is 66.2 cm³/mol. The summed E-state index contributed by atoms with van der Waals surface area (Å²) in [5.74, 6) is -0.384. The van der Waals surface area contributed by atoms with Crippen molar-refractivity contribution in [1.82, 2.24) is 10.2 Å². The van der Waals surface area contributed by atoms with E-state index in [9.17, 15) is 9.59 Å². The molecule has 1 rings (SSSR count). The summed E-state index contributed by atoms with van der Waals surface area (Å²) in [4.78, 5) is 25.5. The van der Waals surface area contributed by atoms with Crippen LogP contribution >= 0.6 is 0 Å². The Kier molecular flexibility index (Phi) is 4.51. The number of likely N-dealkylation sites (tertiary alicyclic amines) is 1. The Bertz CT molecular complexity index is 302. The van der Waals surface area contributed by atoms with Gasteiger partial charge in [0.2, 0.25) is 11.8 Å². The summed E-state index contributed by atoms with van der Waals surface area (Å²) in [6.07, 6.45) is 0.689. The Balaban J connectivity index is 2.54. The van der Waals surface area contributed by atoms with Crippen molar-refractivity contribution in [3.8, 4) is 0 Å². The molecule has 0 spiro atoms. The molecule has 1 aliphatic heterocycles. The van der Waals surface area contributed by atoms with Crippen molar-refractivity contribution in [3.63, 3.8) is 0 Å². The molecule has 1 aliphatic rings. The van der Waals surface area contributed by atoms with E-state index in [4.69, 9.17) is 5.73 Å². The Morgan fingerprint density at radius 3 is 2.41 bits per heavy atom. The second kappa shape index (κ2) is 5.49. The Labute approximate surface area is 103 Å². The zero-order chi connectivity index (χ0) is 13.2. The lowest BCUT2D eigenvalue weighted by atomic mass is 10.0. The smallest absolute Gasteiger partial charge is 0.245 e. The first-order chi connectivity index (χ1) is 7.84. The molecule has 3 N–H and O–H groups in total. The maximum atomic E-state index is 12.0. The van der Waals surface area contributed by atoms with Gasteiger partial charge in [-0.1, -0.05) is 6.92 Å². The van der Waals surface area contributed by atoms with Gasteiger partial charge in [0, 0.05) is 24.5 Å². The number of nitrogens with two attached hydrogens (primary N) is 1. The van der Waals surface area contributed by atoms with E-state index in [0.29, 0.717) is 13.0 Å². The molecule has 1 fully saturated rings. The van der Waals surface area contributed by atoms with Crippen LogP contribution in [0, 0.1) is 5.92 Å². The number of nitrogens with zero attached hydrogens (tertiary/aromatic N) is 1. The first kappa shape index (κ1) is 14.0. The van der Waals surface area contributed by atoms with E-state index < -0.39 is 0 Å². The molecule has 0 aromatic rings. The van der Waals surface area contributed by atoms with Crippen molar-refractivity contribution in [2.75, 3.05) is 6.54 Å². The van der Waals surface area contributed by atoms with Gasteiger partial charge in [0.05, 0.1) is 0 Å². The zero-order valence-electron chi connectivity index (χ0n) is 11.1. The van der Waals surface area contributed by atoms with Gasteiger partial charge in [-0.15, -0.1) is 0 Å². The lowest BCUT2D eigenvalue weighted by Gasteiger charge is -2.22. The molecule has 17 heavy (non-hydrogen) atoms. The fourth-order valence-electron chi connectivity index (χ4n) is 1.89. The van der Waals surface area contributed by atoms with Gasteiger partial charge >= 0.3 is 0 Å². The minimum atomic E-state index is -0.369. The first-order valence-electron chi connectivity index (χ1n) is 6.21. The van der Waals surface area contributed by atoms with Gasteiger partial charge in [-0.05, 0) is 27.2 Å². The van der Waals surface area contributed by atoms with Gasteiger partial charge in [-0.25, -0.2) is 0 Å². The Hall–Kier alpha value is -1.10. The van der Waals surface area contributed by atoms with E-state index in [1.165, 1.54) is 0 Å². The maximum absolute atomic E-state index is 12.0. The number of carbonyl (C=O) groups is 2. The highest BCUT2D eigenvalue weighted by Gasteiger charge is 2.34. The van der Waals surface area contributed by atoms with Crippen LogP contribution in [0.4, 0.5) is 0 Å². The van der Waals surface area contributed by atoms with Gasteiger partial charge < -0.3 is 16.0 Å². The number of carbonyl (C=O) groups excluding carboxylic acids is 2. The van der Waals surface area contributed by atoms with Crippen LogP contribution < -0.4 is 11.1 Å². The van der Waals surface area contributed by atoms with Crippen molar-refractivity contribution in [2.24, 2.45) is 11.7 Å². The summed E-state index contributed by atoms with van der Waals surface area (Å²) >= 11 is 0. The maximum Gasteiger partial charge on any atom is 0.245 e. The van der Waals surface area contributed by atoms with E-state index in [-0.39, 0.29) is 35.9 Å². The molecule has 2 amide bonds. The van der Waals surface area contributed by atoms with E-state index >= 15 is 0 Å². The van der Waals surface area contributed by atoms with Crippen LogP contribution in [0.5, 0.6) is 0 Å². The lowest BCUT2D eigenvalue weighted by Crippen LogP contribution is -2.47. The lowest BCUT2D eigenvalue weighted by molar-refractivity contribution is -0.134. The fourth-order valence-corrected chi connectivity index (χ4v) is 1.89. The second-order valence-electron chi connectivity index (χ2n) is 5.12. The minimum Gasteiger partial charge on any atom is -0.344 e. The normalized spacial score (nSPS) is 24.0. The molecule has 0 radical (unpaired) electrons. The number of hydrogen-bond donors (Lipinski definition) is 2. The van der Waals surface area contributed by atoms with Crippen LogP contribution in [0.25, 0.3) is 0 Å². The van der Waals surface area contributed by atoms with E-state index in [1.54, 1.807) is 18.7 Å². The minimum absolute atomic E-state index is 0.0187. The molecular formula is C12H23N3O2. The van der Waals surface area contributed by atoms with Crippen molar-refractivity contribution in [1.29, 1.82) is 0 Å². The molecule has 5 nitrogen and oxygen atoms in total. The number of nitrogens with one attached hydrogen (secondary N) is 1. The van der Waals surface area contributed by atoms with E-state index in [1.807, 2.05) is 13.8 Å². The van der Waals surface area contributed by atoms with Gasteiger partial charge in [-0.2, -0.15) is 0 Å². The predicted octanol–water partition coefficient (Wildman–Crippen LogP) is 0.0952. The van der Waals surface area contributed by atoms with Crippen LogP contribution in [0.2, 0.25) is 0 Å². The number of amides is 2. The molecule has 0 aromatic carbocycles. The summed E-state index contributed by atoms with van der Waals surface area (Å²) in [6, 6.07) is -0.380. The molecule has 1 heterocycles. The van der Waals surface area contributed by atoms with Crippen LogP contribution in [-0.2, 0) is 9.59 Å². The van der Waals surface area contributed by atoms with Gasteiger partial charge in [0.25, 0.3) is 0 Å². The number of hydrogen-bond acceptors (Lipinski definition) is 3. The molecule has 3 unspecified atom stereocenters. The quantitative estimate of drug-likeness (QED) is 0.732. The van der Waals surface area contributed by atoms with E-state index in [2.05, 4.69) is 5.32 Å². The molecule has 5 heteroatoms. The Morgan fingerprint density at radius 1 is 1.41 bits per heavy atom. The monoisotopic (exact) mass is 241 g/mol. The van der Waals surface area contributed by atoms with Crippen molar-refractivity contribution >= 4 is 11.8 Å². The highest BCUT2D eigenvalue weighted by atomic mass is 16.2. The fraction of sp³-hybridized carbons (Fsp3) is 0.833. The van der Waals surface area contributed by atoms with Crippen molar-refractivity contribution in [2.45, 2.75) is 52.2 Å². The second-order valence-corrected chi connectivity index (χ2v) is 5.12. The summed E-state index contributed by atoms with van der Waals surface area (Å²) in [5, 5.41) is 2.78. The highest BCUT2D eigenvalue weighted by Crippen LogP contribution is 2.15. The van der Waals surface area contributed by atoms with Crippen molar-refractivity contribution < 1.29 is 9.59 Å². The van der Waals surface area contributed by atoms with Crippen LogP contribution in [0.1, 0.15) is 34.1 Å². The zero-order valence-corrected chi connectivity index (χ0v) is 11.1.